The van der Waals surface area contributed by atoms with Gasteiger partial charge in [-0.05, 0) is 49.4 Å². The van der Waals surface area contributed by atoms with Crippen LogP contribution in [0, 0.1) is 5.92 Å². The van der Waals surface area contributed by atoms with Gasteiger partial charge in [-0.3, -0.25) is 0 Å². The lowest BCUT2D eigenvalue weighted by molar-refractivity contribution is 0.312. The summed E-state index contributed by atoms with van der Waals surface area (Å²) in [5.41, 5.74) is 1.34. The Kier molecular flexibility index (Phi) is 7.57. The summed E-state index contributed by atoms with van der Waals surface area (Å²) >= 11 is 0. The smallest absolute Gasteiger partial charge is 0.122 e. The Balaban J connectivity index is 2.48. The first-order chi connectivity index (χ1) is 9.15. The third-order valence-corrected chi connectivity index (χ3v) is 3.22. The van der Waals surface area contributed by atoms with Crippen LogP contribution in [0.5, 0.6) is 5.75 Å². The second-order valence-electron chi connectivity index (χ2n) is 5.67. The SMILES string of the molecule is CCCOc1ccccc1C(C)CCNCC(C)C. The topological polar surface area (TPSA) is 21.3 Å². The molecule has 1 aromatic rings. The lowest BCUT2D eigenvalue weighted by atomic mass is 9.97. The summed E-state index contributed by atoms with van der Waals surface area (Å²) in [6.45, 7) is 11.9. The molecule has 0 aromatic heterocycles. The van der Waals surface area contributed by atoms with E-state index in [-0.39, 0.29) is 0 Å². The van der Waals surface area contributed by atoms with Crippen LogP contribution in [-0.2, 0) is 0 Å². The van der Waals surface area contributed by atoms with Gasteiger partial charge in [-0.25, -0.2) is 0 Å². The maximum Gasteiger partial charge on any atom is 0.122 e. The molecule has 1 unspecified atom stereocenters. The standard InChI is InChI=1S/C17H29NO/c1-5-12-19-17-9-7-6-8-16(17)15(4)10-11-18-13-14(2)3/h6-9,14-15,18H,5,10-13H2,1-4H3. The van der Waals surface area contributed by atoms with Crippen LogP contribution in [0.25, 0.3) is 0 Å². The molecule has 19 heavy (non-hydrogen) atoms. The van der Waals surface area contributed by atoms with E-state index in [1.165, 1.54) is 5.56 Å². The summed E-state index contributed by atoms with van der Waals surface area (Å²) in [4.78, 5) is 0. The van der Waals surface area contributed by atoms with Crippen LogP contribution in [0.1, 0.15) is 52.0 Å². The number of hydrogen-bond acceptors (Lipinski definition) is 2. The normalized spacial score (nSPS) is 12.7. The first kappa shape index (κ1) is 16.0. The zero-order valence-corrected chi connectivity index (χ0v) is 12.9. The first-order valence-electron chi connectivity index (χ1n) is 7.57. The summed E-state index contributed by atoms with van der Waals surface area (Å²) in [6.07, 6.45) is 2.21. The molecule has 1 atom stereocenters. The highest BCUT2D eigenvalue weighted by Crippen LogP contribution is 2.28. The third-order valence-electron chi connectivity index (χ3n) is 3.22. The van der Waals surface area contributed by atoms with Crippen molar-refractivity contribution in [3.05, 3.63) is 29.8 Å². The van der Waals surface area contributed by atoms with E-state index in [0.717, 1.165) is 44.2 Å². The van der Waals surface area contributed by atoms with Gasteiger partial charge in [-0.1, -0.05) is 45.9 Å². The minimum absolute atomic E-state index is 0.535. The van der Waals surface area contributed by atoms with Gasteiger partial charge in [-0.2, -0.15) is 0 Å². The van der Waals surface area contributed by atoms with Gasteiger partial charge in [0.15, 0.2) is 0 Å². The molecule has 1 aromatic carbocycles. The van der Waals surface area contributed by atoms with Crippen molar-refractivity contribution in [1.29, 1.82) is 0 Å². The molecule has 0 radical (unpaired) electrons. The van der Waals surface area contributed by atoms with E-state index in [2.05, 4.69) is 57.3 Å². The van der Waals surface area contributed by atoms with Gasteiger partial charge in [0.25, 0.3) is 0 Å². The lowest BCUT2D eigenvalue weighted by Gasteiger charge is -2.17. The molecule has 0 heterocycles. The van der Waals surface area contributed by atoms with Crippen LogP contribution in [0.2, 0.25) is 0 Å². The van der Waals surface area contributed by atoms with Crippen LogP contribution in [0.3, 0.4) is 0 Å². The maximum atomic E-state index is 5.83. The van der Waals surface area contributed by atoms with E-state index in [0.29, 0.717) is 5.92 Å². The Morgan fingerprint density at radius 1 is 1.16 bits per heavy atom. The van der Waals surface area contributed by atoms with Gasteiger partial charge in [0.1, 0.15) is 5.75 Å². The number of rotatable bonds is 9. The number of para-hydroxylation sites is 1. The Labute approximate surface area is 118 Å². The molecule has 108 valence electrons. The monoisotopic (exact) mass is 263 g/mol. The lowest BCUT2D eigenvalue weighted by Crippen LogP contribution is -2.21. The Hall–Kier alpha value is -1.02. The van der Waals surface area contributed by atoms with Gasteiger partial charge >= 0.3 is 0 Å². The molecule has 0 fully saturated rings. The molecular formula is C17H29NO. The quantitative estimate of drug-likeness (QED) is 0.674. The molecule has 0 saturated carbocycles. The first-order valence-corrected chi connectivity index (χ1v) is 7.57. The van der Waals surface area contributed by atoms with E-state index in [9.17, 15) is 0 Å². The highest BCUT2D eigenvalue weighted by molar-refractivity contribution is 5.35. The fourth-order valence-electron chi connectivity index (χ4n) is 2.10. The van der Waals surface area contributed by atoms with E-state index in [1.54, 1.807) is 0 Å². The van der Waals surface area contributed by atoms with Crippen LogP contribution >= 0.6 is 0 Å². The van der Waals surface area contributed by atoms with Crippen molar-refractivity contribution in [3.8, 4) is 5.75 Å². The van der Waals surface area contributed by atoms with Crippen molar-refractivity contribution in [2.75, 3.05) is 19.7 Å². The van der Waals surface area contributed by atoms with Crippen LogP contribution in [0.15, 0.2) is 24.3 Å². The Morgan fingerprint density at radius 3 is 2.58 bits per heavy atom. The van der Waals surface area contributed by atoms with Gasteiger partial charge in [0, 0.05) is 0 Å². The van der Waals surface area contributed by atoms with E-state index in [4.69, 9.17) is 4.74 Å². The highest BCUT2D eigenvalue weighted by Gasteiger charge is 2.10. The molecule has 1 N–H and O–H groups in total. The second kappa shape index (κ2) is 8.98. The fourth-order valence-corrected chi connectivity index (χ4v) is 2.10. The van der Waals surface area contributed by atoms with Crippen molar-refractivity contribution in [2.45, 2.75) is 46.5 Å². The molecule has 2 nitrogen and oxygen atoms in total. The minimum atomic E-state index is 0.535. The van der Waals surface area contributed by atoms with Crippen molar-refractivity contribution >= 4 is 0 Å². The molecule has 0 saturated heterocycles. The van der Waals surface area contributed by atoms with E-state index < -0.39 is 0 Å². The number of hydrogen-bond donors (Lipinski definition) is 1. The van der Waals surface area contributed by atoms with Gasteiger partial charge in [0.05, 0.1) is 6.61 Å². The van der Waals surface area contributed by atoms with Crippen molar-refractivity contribution in [3.63, 3.8) is 0 Å². The van der Waals surface area contributed by atoms with E-state index >= 15 is 0 Å². The fraction of sp³-hybridized carbons (Fsp3) is 0.647. The number of nitrogens with one attached hydrogen (secondary N) is 1. The minimum Gasteiger partial charge on any atom is -0.493 e. The molecule has 1 rings (SSSR count). The molecule has 0 bridgehead atoms. The zero-order chi connectivity index (χ0) is 14.1. The summed E-state index contributed by atoms with van der Waals surface area (Å²) in [6, 6.07) is 8.44. The largest absolute Gasteiger partial charge is 0.493 e. The predicted molar refractivity (Wildman–Crippen MR) is 83.0 cm³/mol. The Morgan fingerprint density at radius 2 is 1.89 bits per heavy atom. The predicted octanol–water partition coefficient (Wildman–Crippen LogP) is 4.21. The zero-order valence-electron chi connectivity index (χ0n) is 12.9. The van der Waals surface area contributed by atoms with Crippen molar-refractivity contribution in [2.24, 2.45) is 5.92 Å². The molecule has 0 aliphatic heterocycles. The second-order valence-corrected chi connectivity index (χ2v) is 5.67. The van der Waals surface area contributed by atoms with Gasteiger partial charge in [0.2, 0.25) is 0 Å². The summed E-state index contributed by atoms with van der Waals surface area (Å²) in [5, 5.41) is 3.51. The van der Waals surface area contributed by atoms with Crippen molar-refractivity contribution in [1.82, 2.24) is 5.32 Å². The molecule has 0 amide bonds. The number of ether oxygens (including phenoxy) is 1. The molecule has 0 aliphatic rings. The maximum absolute atomic E-state index is 5.83. The average molecular weight is 263 g/mol. The summed E-state index contributed by atoms with van der Waals surface area (Å²) in [5.74, 6) is 2.31. The Bertz CT molecular complexity index is 349. The number of benzene rings is 1. The molecule has 0 spiro atoms. The average Bonchev–Trinajstić information content (AvgIpc) is 2.41. The molecule has 2 heteroatoms. The molecule has 0 aliphatic carbocycles. The van der Waals surface area contributed by atoms with Crippen LogP contribution < -0.4 is 10.1 Å². The van der Waals surface area contributed by atoms with Gasteiger partial charge < -0.3 is 10.1 Å². The van der Waals surface area contributed by atoms with Crippen LogP contribution in [0.4, 0.5) is 0 Å². The summed E-state index contributed by atoms with van der Waals surface area (Å²) in [7, 11) is 0. The van der Waals surface area contributed by atoms with Crippen molar-refractivity contribution < 1.29 is 4.74 Å². The van der Waals surface area contributed by atoms with E-state index in [1.807, 2.05) is 0 Å². The van der Waals surface area contributed by atoms with Crippen LogP contribution in [-0.4, -0.2) is 19.7 Å². The highest BCUT2D eigenvalue weighted by atomic mass is 16.5. The summed E-state index contributed by atoms with van der Waals surface area (Å²) < 4.78 is 5.83. The molecular weight excluding hydrogens is 234 g/mol. The third kappa shape index (κ3) is 6.11. The van der Waals surface area contributed by atoms with Gasteiger partial charge in [-0.15, -0.1) is 0 Å².